The van der Waals surface area contributed by atoms with Gasteiger partial charge in [0.05, 0.1) is 15.9 Å². The van der Waals surface area contributed by atoms with Gasteiger partial charge in [-0.2, -0.15) is 5.10 Å². The maximum atomic E-state index is 12.7. The van der Waals surface area contributed by atoms with Gasteiger partial charge in [-0.15, -0.1) is 0 Å². The summed E-state index contributed by atoms with van der Waals surface area (Å²) < 4.78 is 30.2. The number of hydrogen-bond acceptors (Lipinski definition) is 3. The molecule has 0 saturated heterocycles. The van der Waals surface area contributed by atoms with Gasteiger partial charge in [-0.25, -0.2) is 8.42 Å². The largest absolute Gasteiger partial charge is 0.265 e. The van der Waals surface area contributed by atoms with Gasteiger partial charge in [0, 0.05) is 11.2 Å². The van der Waals surface area contributed by atoms with Gasteiger partial charge < -0.3 is 0 Å². The molecule has 1 atom stereocenters. The van der Waals surface area contributed by atoms with Crippen LogP contribution in [0.1, 0.15) is 37.3 Å². The Bertz CT molecular complexity index is 1070. The molecule has 0 spiro atoms. The van der Waals surface area contributed by atoms with Crippen molar-refractivity contribution in [3.05, 3.63) is 75.4 Å². The maximum Gasteiger partial charge on any atom is 0.263 e. The highest BCUT2D eigenvalue weighted by atomic mass is 79.9. The minimum absolute atomic E-state index is 0.201. The predicted molar refractivity (Wildman–Crippen MR) is 116 cm³/mol. The Morgan fingerprint density at radius 2 is 1.86 bits per heavy atom. The topological polar surface area (TPSA) is 64.0 Å². The standard InChI is InChI=1S/C20H21BrClN3O2S/c1-3-14(2)15-8-10-17(11-9-15)28(26,27)24-20-18(21)13-25(23-20)12-16-6-4-5-7-19(16)22/h4-11,13-14H,3,12H2,1-2H3,(H,23,24). The van der Waals surface area contributed by atoms with E-state index in [4.69, 9.17) is 11.6 Å². The number of nitrogens with zero attached hydrogens (tertiary/aromatic N) is 2. The van der Waals surface area contributed by atoms with Gasteiger partial charge in [0.2, 0.25) is 0 Å². The number of hydrogen-bond donors (Lipinski definition) is 1. The van der Waals surface area contributed by atoms with Crippen molar-refractivity contribution < 1.29 is 8.42 Å². The maximum absolute atomic E-state index is 12.7. The number of halogens is 2. The van der Waals surface area contributed by atoms with E-state index >= 15 is 0 Å². The van der Waals surface area contributed by atoms with E-state index in [-0.39, 0.29) is 10.7 Å². The van der Waals surface area contributed by atoms with Crippen LogP contribution in [-0.2, 0) is 16.6 Å². The summed E-state index contributed by atoms with van der Waals surface area (Å²) in [5.74, 6) is 0.623. The fourth-order valence-electron chi connectivity index (χ4n) is 2.75. The van der Waals surface area contributed by atoms with Gasteiger partial charge >= 0.3 is 0 Å². The van der Waals surface area contributed by atoms with Gasteiger partial charge in [0.1, 0.15) is 0 Å². The van der Waals surface area contributed by atoms with Gasteiger partial charge in [0.15, 0.2) is 5.82 Å². The summed E-state index contributed by atoms with van der Waals surface area (Å²) in [5.41, 5.74) is 2.01. The molecule has 1 heterocycles. The Kier molecular flexibility index (Phi) is 6.47. The van der Waals surface area contributed by atoms with Crippen molar-refractivity contribution in [1.82, 2.24) is 9.78 Å². The molecule has 28 heavy (non-hydrogen) atoms. The quantitative estimate of drug-likeness (QED) is 0.472. The highest BCUT2D eigenvalue weighted by Gasteiger charge is 2.19. The van der Waals surface area contributed by atoms with Crippen molar-refractivity contribution >= 4 is 43.4 Å². The lowest BCUT2D eigenvalue weighted by atomic mass is 9.99. The molecule has 2 aromatic carbocycles. The summed E-state index contributed by atoms with van der Waals surface area (Å²) in [6, 6.07) is 14.4. The zero-order valence-electron chi connectivity index (χ0n) is 15.6. The third-order valence-corrected chi connectivity index (χ3v) is 6.91. The Morgan fingerprint density at radius 3 is 2.50 bits per heavy atom. The molecule has 0 saturated carbocycles. The molecule has 5 nitrogen and oxygen atoms in total. The van der Waals surface area contributed by atoms with Crippen LogP contribution in [0, 0.1) is 0 Å². The molecule has 1 unspecified atom stereocenters. The van der Waals surface area contributed by atoms with Crippen LogP contribution in [-0.4, -0.2) is 18.2 Å². The molecule has 148 valence electrons. The summed E-state index contributed by atoms with van der Waals surface area (Å²) in [6.45, 7) is 4.65. The molecular weight excluding hydrogens is 462 g/mol. The van der Waals surface area contributed by atoms with Crippen LogP contribution in [0.3, 0.4) is 0 Å². The second-order valence-corrected chi connectivity index (χ2v) is 9.54. The van der Waals surface area contributed by atoms with E-state index in [0.717, 1.165) is 17.5 Å². The van der Waals surface area contributed by atoms with Gasteiger partial charge in [-0.05, 0) is 57.6 Å². The molecule has 0 aliphatic rings. The van der Waals surface area contributed by atoms with Crippen molar-refractivity contribution in [1.29, 1.82) is 0 Å². The highest BCUT2D eigenvalue weighted by molar-refractivity contribution is 9.10. The van der Waals surface area contributed by atoms with E-state index in [1.165, 1.54) is 0 Å². The van der Waals surface area contributed by atoms with Crippen LogP contribution < -0.4 is 4.72 Å². The summed E-state index contributed by atoms with van der Waals surface area (Å²) in [6.07, 6.45) is 2.72. The average Bonchev–Trinajstić information content (AvgIpc) is 3.01. The fraction of sp³-hybridized carbons (Fsp3) is 0.250. The fourth-order valence-corrected chi connectivity index (χ4v) is 4.50. The van der Waals surface area contributed by atoms with E-state index in [1.807, 2.05) is 36.4 Å². The molecule has 0 aliphatic carbocycles. The van der Waals surface area contributed by atoms with E-state index in [1.54, 1.807) is 23.0 Å². The molecule has 0 bridgehead atoms. The summed E-state index contributed by atoms with van der Waals surface area (Å²) in [7, 11) is -3.73. The number of rotatable bonds is 7. The Balaban J connectivity index is 1.79. The van der Waals surface area contributed by atoms with E-state index in [0.29, 0.717) is 22.0 Å². The van der Waals surface area contributed by atoms with Crippen LogP contribution in [0.5, 0.6) is 0 Å². The molecule has 3 aromatic rings. The number of benzene rings is 2. The second kappa shape index (κ2) is 8.68. The van der Waals surface area contributed by atoms with E-state index in [2.05, 4.69) is 39.6 Å². The van der Waals surface area contributed by atoms with Crippen LogP contribution in [0.25, 0.3) is 0 Å². The SMILES string of the molecule is CCC(C)c1ccc(S(=O)(=O)Nc2nn(Cc3ccccc3Cl)cc2Br)cc1. The molecular formula is C20H21BrClN3O2S. The van der Waals surface area contributed by atoms with Crippen LogP contribution in [0.2, 0.25) is 5.02 Å². The lowest BCUT2D eigenvalue weighted by Gasteiger charge is -2.10. The first-order valence-corrected chi connectivity index (χ1v) is 11.5. The Hall–Kier alpha value is -1.83. The van der Waals surface area contributed by atoms with Crippen molar-refractivity contribution in [2.75, 3.05) is 4.72 Å². The molecule has 0 amide bonds. The summed E-state index contributed by atoms with van der Waals surface area (Å²) in [5, 5.41) is 4.97. The molecule has 1 aromatic heterocycles. The first kappa shape index (κ1) is 20.9. The second-order valence-electron chi connectivity index (χ2n) is 6.60. The minimum atomic E-state index is -3.73. The molecule has 1 N–H and O–H groups in total. The molecule has 0 radical (unpaired) electrons. The Morgan fingerprint density at radius 1 is 1.18 bits per heavy atom. The third kappa shape index (κ3) is 4.77. The molecule has 0 fully saturated rings. The lowest BCUT2D eigenvalue weighted by molar-refractivity contribution is 0.600. The van der Waals surface area contributed by atoms with Gasteiger partial charge in [0.25, 0.3) is 10.0 Å². The van der Waals surface area contributed by atoms with Gasteiger partial charge in [-0.3, -0.25) is 9.40 Å². The predicted octanol–water partition coefficient (Wildman–Crippen LogP) is 5.66. The number of aromatic nitrogens is 2. The summed E-state index contributed by atoms with van der Waals surface area (Å²) in [4.78, 5) is 0.201. The summed E-state index contributed by atoms with van der Waals surface area (Å²) >= 11 is 9.56. The highest BCUT2D eigenvalue weighted by Crippen LogP contribution is 2.26. The van der Waals surface area contributed by atoms with E-state index < -0.39 is 10.0 Å². The molecule has 0 aliphatic heterocycles. The monoisotopic (exact) mass is 481 g/mol. The van der Waals surface area contributed by atoms with Crippen LogP contribution in [0.15, 0.2) is 64.1 Å². The van der Waals surface area contributed by atoms with Crippen molar-refractivity contribution in [3.8, 4) is 0 Å². The lowest BCUT2D eigenvalue weighted by Crippen LogP contribution is -2.14. The van der Waals surface area contributed by atoms with E-state index in [9.17, 15) is 8.42 Å². The van der Waals surface area contributed by atoms with Crippen LogP contribution in [0.4, 0.5) is 5.82 Å². The number of sulfonamides is 1. The Labute approximate surface area is 178 Å². The zero-order chi connectivity index (χ0) is 20.3. The number of anilines is 1. The normalized spacial score (nSPS) is 12.7. The van der Waals surface area contributed by atoms with Crippen LogP contribution >= 0.6 is 27.5 Å². The first-order chi connectivity index (χ1) is 13.3. The zero-order valence-corrected chi connectivity index (χ0v) is 18.7. The third-order valence-electron chi connectivity index (χ3n) is 4.61. The average molecular weight is 483 g/mol. The number of nitrogens with one attached hydrogen (secondary N) is 1. The first-order valence-electron chi connectivity index (χ1n) is 8.89. The van der Waals surface area contributed by atoms with Crippen molar-refractivity contribution in [3.63, 3.8) is 0 Å². The van der Waals surface area contributed by atoms with Crippen molar-refractivity contribution in [2.24, 2.45) is 0 Å². The smallest absolute Gasteiger partial charge is 0.263 e. The van der Waals surface area contributed by atoms with Gasteiger partial charge in [-0.1, -0.05) is 55.8 Å². The van der Waals surface area contributed by atoms with Crippen molar-refractivity contribution in [2.45, 2.75) is 37.6 Å². The molecule has 3 rings (SSSR count). The molecule has 8 heteroatoms. The minimum Gasteiger partial charge on any atom is -0.265 e.